The Bertz CT molecular complexity index is 913. The van der Waals surface area contributed by atoms with Crippen molar-refractivity contribution in [3.8, 4) is 6.07 Å². The van der Waals surface area contributed by atoms with E-state index in [-0.39, 0.29) is 31.1 Å². The fourth-order valence-corrected chi connectivity index (χ4v) is 3.92. The minimum absolute atomic E-state index is 0.0949. The Balaban J connectivity index is 1.47. The summed E-state index contributed by atoms with van der Waals surface area (Å²) in [4.78, 5) is 29.1. The second kappa shape index (κ2) is 12.0. The molecule has 1 aliphatic rings. The highest BCUT2D eigenvalue weighted by atomic mass is 16.2. The van der Waals surface area contributed by atoms with Gasteiger partial charge in [-0.15, -0.1) is 0 Å². The second-order valence-corrected chi connectivity index (χ2v) is 8.49. The zero-order chi connectivity index (χ0) is 22.8. The summed E-state index contributed by atoms with van der Waals surface area (Å²) in [5.74, 6) is 0.471. The number of likely N-dealkylation sites (tertiary alicyclic amines) is 1. The molecule has 0 unspecified atom stereocenters. The van der Waals surface area contributed by atoms with E-state index >= 15 is 0 Å². The van der Waals surface area contributed by atoms with Crippen molar-refractivity contribution in [1.29, 1.82) is 5.26 Å². The monoisotopic (exact) mass is 432 g/mol. The third-order valence-electron chi connectivity index (χ3n) is 5.90. The van der Waals surface area contributed by atoms with Crippen molar-refractivity contribution in [1.82, 2.24) is 4.90 Å². The number of anilines is 2. The number of hydrogen-bond acceptors (Lipinski definition) is 4. The van der Waals surface area contributed by atoms with Gasteiger partial charge >= 0.3 is 0 Å². The summed E-state index contributed by atoms with van der Waals surface area (Å²) < 4.78 is 0. The number of carbonyl (C=O) groups excluding carboxylic acids is 2. The lowest BCUT2D eigenvalue weighted by atomic mass is 9.99. The maximum atomic E-state index is 12.7. The van der Waals surface area contributed by atoms with Crippen LogP contribution in [0.1, 0.15) is 44.6 Å². The topological polar surface area (TPSA) is 76.4 Å². The molecule has 0 aliphatic carbocycles. The van der Waals surface area contributed by atoms with Crippen LogP contribution in [0.25, 0.3) is 0 Å². The summed E-state index contributed by atoms with van der Waals surface area (Å²) >= 11 is 0. The number of nitrogens with zero attached hydrogens (tertiary/aromatic N) is 3. The molecular weight excluding hydrogens is 400 g/mol. The lowest BCUT2D eigenvalue weighted by molar-refractivity contribution is -0.122. The van der Waals surface area contributed by atoms with Crippen LogP contribution < -0.4 is 10.2 Å². The van der Waals surface area contributed by atoms with Crippen LogP contribution in [-0.2, 0) is 16.1 Å². The third-order valence-corrected chi connectivity index (χ3v) is 5.90. The standard InChI is InChI=1S/C26H32N4O2/c1-21-14-18-29(19-15-21)20-22-8-10-23(11-9-22)28-25(31)12-13-26(32)30(17-5-16-27)24-6-3-2-4-7-24/h2-4,6-11,21H,5,12-15,17-20H2,1H3,(H,28,31). The lowest BCUT2D eigenvalue weighted by Crippen LogP contribution is -2.32. The van der Waals surface area contributed by atoms with Crippen LogP contribution in [0.15, 0.2) is 54.6 Å². The van der Waals surface area contributed by atoms with E-state index in [9.17, 15) is 9.59 Å². The first-order chi connectivity index (χ1) is 15.5. The lowest BCUT2D eigenvalue weighted by Gasteiger charge is -2.30. The Morgan fingerprint density at radius 2 is 1.75 bits per heavy atom. The maximum Gasteiger partial charge on any atom is 0.227 e. The van der Waals surface area contributed by atoms with Gasteiger partial charge in [0.15, 0.2) is 0 Å². The molecule has 0 atom stereocenters. The normalized spacial score (nSPS) is 14.5. The van der Waals surface area contributed by atoms with E-state index in [2.05, 4.69) is 35.3 Å². The van der Waals surface area contributed by atoms with Gasteiger partial charge in [0, 0.05) is 37.3 Å². The SMILES string of the molecule is CC1CCN(Cc2ccc(NC(=O)CCC(=O)N(CCC#N)c3ccccc3)cc2)CC1. The van der Waals surface area contributed by atoms with Crippen LogP contribution in [0.2, 0.25) is 0 Å². The smallest absolute Gasteiger partial charge is 0.227 e. The van der Waals surface area contributed by atoms with Crippen LogP contribution in [-0.4, -0.2) is 36.3 Å². The number of carbonyl (C=O) groups is 2. The first kappa shape index (κ1) is 23.5. The summed E-state index contributed by atoms with van der Waals surface area (Å²) in [7, 11) is 0. The summed E-state index contributed by atoms with van der Waals surface area (Å²) in [6, 6.07) is 19.3. The van der Waals surface area contributed by atoms with Gasteiger partial charge in [-0.3, -0.25) is 14.5 Å². The predicted octanol–water partition coefficient (Wildman–Crippen LogP) is 4.58. The number of nitriles is 1. The molecule has 1 heterocycles. The molecule has 0 radical (unpaired) electrons. The summed E-state index contributed by atoms with van der Waals surface area (Å²) in [5.41, 5.74) is 2.72. The molecule has 1 saturated heterocycles. The van der Waals surface area contributed by atoms with Gasteiger partial charge in [-0.2, -0.15) is 5.26 Å². The Hall–Kier alpha value is -3.17. The van der Waals surface area contributed by atoms with Gasteiger partial charge in [0.2, 0.25) is 11.8 Å². The average molecular weight is 433 g/mol. The quantitative estimate of drug-likeness (QED) is 0.629. The Labute approximate surface area is 190 Å². The van der Waals surface area contributed by atoms with Gasteiger partial charge in [-0.05, 0) is 61.7 Å². The van der Waals surface area contributed by atoms with Gasteiger partial charge < -0.3 is 10.2 Å². The third kappa shape index (κ3) is 7.21. The zero-order valence-corrected chi connectivity index (χ0v) is 18.8. The molecular formula is C26H32N4O2. The van der Waals surface area contributed by atoms with Crippen molar-refractivity contribution in [2.45, 2.75) is 45.6 Å². The minimum atomic E-state index is -0.190. The van der Waals surface area contributed by atoms with Crippen molar-refractivity contribution in [3.05, 3.63) is 60.2 Å². The summed E-state index contributed by atoms with van der Waals surface area (Å²) in [6.45, 7) is 5.85. The number of amides is 2. The Kier molecular flexibility index (Phi) is 8.82. The van der Waals surface area contributed by atoms with Crippen molar-refractivity contribution >= 4 is 23.2 Å². The van der Waals surface area contributed by atoms with E-state index in [1.165, 1.54) is 18.4 Å². The van der Waals surface area contributed by atoms with Gasteiger partial charge in [-0.1, -0.05) is 37.3 Å². The van der Waals surface area contributed by atoms with E-state index < -0.39 is 0 Å². The van der Waals surface area contributed by atoms with Crippen LogP contribution >= 0.6 is 0 Å². The van der Waals surface area contributed by atoms with Crippen molar-refractivity contribution in [2.75, 3.05) is 29.9 Å². The minimum Gasteiger partial charge on any atom is -0.326 e. The van der Waals surface area contributed by atoms with Crippen LogP contribution in [0.3, 0.4) is 0 Å². The van der Waals surface area contributed by atoms with E-state index in [0.717, 1.165) is 36.9 Å². The van der Waals surface area contributed by atoms with Crippen LogP contribution in [0, 0.1) is 17.2 Å². The molecule has 1 aliphatic heterocycles. The molecule has 6 heteroatoms. The molecule has 0 bridgehead atoms. The fraction of sp³-hybridized carbons (Fsp3) is 0.423. The van der Waals surface area contributed by atoms with E-state index in [0.29, 0.717) is 6.54 Å². The Morgan fingerprint density at radius 3 is 2.41 bits per heavy atom. The zero-order valence-electron chi connectivity index (χ0n) is 18.8. The largest absolute Gasteiger partial charge is 0.326 e. The second-order valence-electron chi connectivity index (χ2n) is 8.49. The highest BCUT2D eigenvalue weighted by molar-refractivity contribution is 5.98. The highest BCUT2D eigenvalue weighted by Gasteiger charge is 2.17. The van der Waals surface area contributed by atoms with Crippen LogP contribution in [0.5, 0.6) is 0 Å². The van der Waals surface area contributed by atoms with Crippen molar-refractivity contribution in [2.24, 2.45) is 5.92 Å². The highest BCUT2D eigenvalue weighted by Crippen LogP contribution is 2.19. The first-order valence-corrected chi connectivity index (χ1v) is 11.4. The summed E-state index contributed by atoms with van der Waals surface area (Å²) in [5, 5.41) is 11.8. The molecule has 168 valence electrons. The number of nitrogens with one attached hydrogen (secondary N) is 1. The number of piperidine rings is 1. The fourth-order valence-electron chi connectivity index (χ4n) is 3.92. The molecule has 0 aromatic heterocycles. The van der Waals surface area contributed by atoms with E-state index in [1.54, 1.807) is 4.90 Å². The van der Waals surface area contributed by atoms with E-state index in [1.807, 2.05) is 42.5 Å². The number of hydrogen-bond donors (Lipinski definition) is 1. The summed E-state index contributed by atoms with van der Waals surface area (Å²) in [6.07, 6.45) is 2.95. The molecule has 6 nitrogen and oxygen atoms in total. The van der Waals surface area contributed by atoms with Gasteiger partial charge in [0.25, 0.3) is 0 Å². The van der Waals surface area contributed by atoms with Gasteiger partial charge in [-0.25, -0.2) is 0 Å². The molecule has 2 aromatic carbocycles. The number of para-hydroxylation sites is 1. The predicted molar refractivity (Wildman–Crippen MR) is 127 cm³/mol. The molecule has 0 spiro atoms. The molecule has 3 rings (SSSR count). The molecule has 1 fully saturated rings. The van der Waals surface area contributed by atoms with Crippen LogP contribution in [0.4, 0.5) is 11.4 Å². The molecule has 2 amide bonds. The van der Waals surface area contributed by atoms with Crippen molar-refractivity contribution < 1.29 is 9.59 Å². The first-order valence-electron chi connectivity index (χ1n) is 11.4. The molecule has 2 aromatic rings. The maximum absolute atomic E-state index is 12.7. The van der Waals surface area contributed by atoms with Crippen molar-refractivity contribution in [3.63, 3.8) is 0 Å². The Morgan fingerprint density at radius 1 is 1.06 bits per heavy atom. The van der Waals surface area contributed by atoms with E-state index in [4.69, 9.17) is 5.26 Å². The number of rotatable bonds is 9. The van der Waals surface area contributed by atoms with Gasteiger partial charge in [0.05, 0.1) is 12.5 Å². The average Bonchev–Trinajstić information content (AvgIpc) is 2.81. The molecule has 0 saturated carbocycles. The number of benzene rings is 2. The molecule has 32 heavy (non-hydrogen) atoms. The van der Waals surface area contributed by atoms with Gasteiger partial charge in [0.1, 0.15) is 0 Å². The molecule has 1 N–H and O–H groups in total.